The molecule has 1 aromatic rings. The van der Waals surface area contributed by atoms with Crippen molar-refractivity contribution < 1.29 is 13.2 Å². The van der Waals surface area contributed by atoms with E-state index in [2.05, 4.69) is 0 Å². The average molecular weight is 297 g/mol. The summed E-state index contributed by atoms with van der Waals surface area (Å²) in [6.07, 6.45) is 1.87. The Morgan fingerprint density at radius 1 is 1.15 bits per heavy atom. The van der Waals surface area contributed by atoms with Crippen molar-refractivity contribution in [2.24, 2.45) is 0 Å². The molecule has 0 radical (unpaired) electrons. The highest BCUT2D eigenvalue weighted by atomic mass is 32.2. The minimum Gasteiger partial charge on any atom is -0.342 e. The van der Waals surface area contributed by atoms with Crippen LogP contribution in [0.4, 0.5) is 0 Å². The molecule has 112 valence electrons. The third kappa shape index (κ3) is 4.63. The molecule has 0 spiro atoms. The smallest absolute Gasteiger partial charge is 0.238 e. The Hall–Kier alpha value is -1.36. The fourth-order valence-electron chi connectivity index (χ4n) is 1.89. The van der Waals surface area contributed by atoms with Crippen molar-refractivity contribution in [1.82, 2.24) is 4.90 Å². The summed E-state index contributed by atoms with van der Waals surface area (Å²) in [6.45, 7) is 6.97. The highest BCUT2D eigenvalue weighted by molar-refractivity contribution is 7.92. The summed E-state index contributed by atoms with van der Waals surface area (Å²) in [4.78, 5) is 13.9. The maximum absolute atomic E-state index is 12.2. The highest BCUT2D eigenvalue weighted by Crippen LogP contribution is 2.13. The summed E-state index contributed by atoms with van der Waals surface area (Å²) in [5, 5.41) is 0. The van der Waals surface area contributed by atoms with Crippen LogP contribution in [0.2, 0.25) is 0 Å². The minimum absolute atomic E-state index is 0.211. The molecule has 5 heteroatoms. The van der Waals surface area contributed by atoms with E-state index in [0.29, 0.717) is 13.1 Å². The predicted molar refractivity (Wildman–Crippen MR) is 80.4 cm³/mol. The molecule has 4 nitrogen and oxygen atoms in total. The molecule has 0 saturated heterocycles. The van der Waals surface area contributed by atoms with Crippen LogP contribution in [0.5, 0.6) is 0 Å². The fourth-order valence-corrected chi connectivity index (χ4v) is 3.12. The zero-order valence-electron chi connectivity index (χ0n) is 12.4. The summed E-state index contributed by atoms with van der Waals surface area (Å²) >= 11 is 0. The maximum atomic E-state index is 12.2. The zero-order chi connectivity index (χ0) is 15.2. The Bertz CT molecular complexity index is 535. The van der Waals surface area contributed by atoms with Gasteiger partial charge in [0.15, 0.2) is 9.84 Å². The van der Waals surface area contributed by atoms with Crippen LogP contribution < -0.4 is 0 Å². The molecule has 0 unspecified atom stereocenters. The summed E-state index contributed by atoms with van der Waals surface area (Å²) in [5.74, 6) is -0.769. The molecule has 1 amide bonds. The van der Waals surface area contributed by atoms with Crippen molar-refractivity contribution in [3.8, 4) is 0 Å². The second kappa shape index (κ2) is 7.43. The van der Waals surface area contributed by atoms with E-state index in [1.807, 2.05) is 20.8 Å². The van der Waals surface area contributed by atoms with E-state index >= 15 is 0 Å². The Balaban J connectivity index is 2.79. The molecule has 0 aromatic heterocycles. The van der Waals surface area contributed by atoms with Crippen molar-refractivity contribution >= 4 is 15.7 Å². The molecule has 0 aliphatic rings. The van der Waals surface area contributed by atoms with Gasteiger partial charge in [0.05, 0.1) is 4.90 Å². The number of carbonyl (C=O) groups excluding carboxylic acids is 1. The van der Waals surface area contributed by atoms with E-state index < -0.39 is 15.6 Å². The van der Waals surface area contributed by atoms with Gasteiger partial charge < -0.3 is 4.90 Å². The molecule has 0 atom stereocenters. The fraction of sp³-hybridized carbons (Fsp3) is 0.533. The van der Waals surface area contributed by atoms with Crippen LogP contribution in [0, 0.1) is 6.92 Å². The van der Waals surface area contributed by atoms with Crippen LogP contribution in [0.15, 0.2) is 29.2 Å². The number of benzene rings is 1. The van der Waals surface area contributed by atoms with Crippen molar-refractivity contribution in [1.29, 1.82) is 0 Å². The number of hydrogen-bond acceptors (Lipinski definition) is 3. The van der Waals surface area contributed by atoms with Crippen molar-refractivity contribution in [2.75, 3.05) is 18.8 Å². The number of aryl methyl sites for hydroxylation is 1. The van der Waals surface area contributed by atoms with Crippen LogP contribution in [0.1, 0.15) is 32.3 Å². The SMILES string of the molecule is CCCCN(CC)C(=O)CS(=O)(=O)c1ccc(C)cc1. The van der Waals surface area contributed by atoms with Crippen molar-refractivity contribution in [3.63, 3.8) is 0 Å². The van der Waals surface area contributed by atoms with Crippen molar-refractivity contribution in [3.05, 3.63) is 29.8 Å². The molecule has 1 aromatic carbocycles. The van der Waals surface area contributed by atoms with Gasteiger partial charge in [0.2, 0.25) is 5.91 Å². The van der Waals surface area contributed by atoms with Crippen LogP contribution in [-0.4, -0.2) is 38.1 Å². The number of unbranched alkanes of at least 4 members (excludes halogenated alkanes) is 1. The second-order valence-corrected chi connectivity index (χ2v) is 6.89. The number of rotatable bonds is 7. The van der Waals surface area contributed by atoms with Gasteiger partial charge in [-0.25, -0.2) is 8.42 Å². The molecule has 0 aliphatic carbocycles. The number of carbonyl (C=O) groups is 1. The van der Waals surface area contributed by atoms with Crippen LogP contribution in [0.25, 0.3) is 0 Å². The Morgan fingerprint density at radius 2 is 1.75 bits per heavy atom. The lowest BCUT2D eigenvalue weighted by atomic mass is 10.2. The Kier molecular flexibility index (Phi) is 6.20. The molecule has 0 aliphatic heterocycles. The summed E-state index contributed by atoms with van der Waals surface area (Å²) in [7, 11) is -3.55. The number of amides is 1. The average Bonchev–Trinajstić information content (AvgIpc) is 2.39. The lowest BCUT2D eigenvalue weighted by molar-refractivity contribution is -0.128. The summed E-state index contributed by atoms with van der Waals surface area (Å²) < 4.78 is 24.4. The highest BCUT2D eigenvalue weighted by Gasteiger charge is 2.22. The van der Waals surface area contributed by atoms with Crippen LogP contribution in [0.3, 0.4) is 0 Å². The standard InChI is InChI=1S/C15H23NO3S/c1-4-6-11-16(5-2)15(17)12-20(18,19)14-9-7-13(3)8-10-14/h7-10H,4-6,11-12H2,1-3H3. The maximum Gasteiger partial charge on any atom is 0.238 e. The van der Waals surface area contributed by atoms with E-state index in [4.69, 9.17) is 0 Å². The molecule has 0 saturated carbocycles. The summed E-state index contributed by atoms with van der Waals surface area (Å²) in [5.41, 5.74) is 0.994. The molecule has 0 N–H and O–H groups in total. The third-order valence-electron chi connectivity index (χ3n) is 3.21. The van der Waals surface area contributed by atoms with Gasteiger partial charge >= 0.3 is 0 Å². The van der Waals surface area contributed by atoms with E-state index in [9.17, 15) is 13.2 Å². The number of nitrogens with zero attached hydrogens (tertiary/aromatic N) is 1. The van der Waals surface area contributed by atoms with E-state index in [-0.39, 0.29) is 10.8 Å². The number of hydrogen-bond donors (Lipinski definition) is 0. The van der Waals surface area contributed by atoms with Gasteiger partial charge in [0.25, 0.3) is 0 Å². The van der Waals surface area contributed by atoms with Gasteiger partial charge in [-0.15, -0.1) is 0 Å². The van der Waals surface area contributed by atoms with E-state index in [1.165, 1.54) is 0 Å². The van der Waals surface area contributed by atoms with Gasteiger partial charge in [-0.1, -0.05) is 31.0 Å². The van der Waals surface area contributed by atoms with Crippen LogP contribution >= 0.6 is 0 Å². The lowest BCUT2D eigenvalue weighted by Crippen LogP contribution is -2.36. The molecule has 0 bridgehead atoms. The van der Waals surface area contributed by atoms with E-state index in [0.717, 1.165) is 18.4 Å². The first-order chi connectivity index (χ1) is 9.40. The van der Waals surface area contributed by atoms with Gasteiger partial charge in [-0.2, -0.15) is 0 Å². The van der Waals surface area contributed by atoms with Gasteiger partial charge in [-0.05, 0) is 32.4 Å². The second-order valence-electron chi connectivity index (χ2n) is 4.90. The quantitative estimate of drug-likeness (QED) is 0.776. The molecule has 0 fully saturated rings. The zero-order valence-corrected chi connectivity index (χ0v) is 13.2. The van der Waals surface area contributed by atoms with Gasteiger partial charge in [0.1, 0.15) is 5.75 Å². The van der Waals surface area contributed by atoms with Gasteiger partial charge in [-0.3, -0.25) is 4.79 Å². The Morgan fingerprint density at radius 3 is 2.25 bits per heavy atom. The first kappa shape index (κ1) is 16.7. The van der Waals surface area contributed by atoms with Crippen molar-refractivity contribution in [2.45, 2.75) is 38.5 Å². The van der Waals surface area contributed by atoms with E-state index in [1.54, 1.807) is 29.2 Å². The third-order valence-corrected chi connectivity index (χ3v) is 4.83. The molecule has 20 heavy (non-hydrogen) atoms. The molecule has 1 rings (SSSR count). The monoisotopic (exact) mass is 297 g/mol. The Labute approximate surface area is 121 Å². The molecular weight excluding hydrogens is 274 g/mol. The summed E-state index contributed by atoms with van der Waals surface area (Å²) in [6, 6.07) is 6.60. The first-order valence-electron chi connectivity index (χ1n) is 6.98. The minimum atomic E-state index is -3.55. The predicted octanol–water partition coefficient (Wildman–Crippen LogP) is 2.42. The topological polar surface area (TPSA) is 54.5 Å². The largest absolute Gasteiger partial charge is 0.342 e. The normalized spacial score (nSPS) is 11.3. The molecular formula is C15H23NO3S. The van der Waals surface area contributed by atoms with Crippen LogP contribution in [-0.2, 0) is 14.6 Å². The number of sulfone groups is 1. The lowest BCUT2D eigenvalue weighted by Gasteiger charge is -2.20. The van der Waals surface area contributed by atoms with Gasteiger partial charge in [0, 0.05) is 13.1 Å². The first-order valence-corrected chi connectivity index (χ1v) is 8.63. The molecule has 0 heterocycles.